The molecule has 2 rings (SSSR count). The number of nitrogens with one attached hydrogen (secondary N) is 1. The number of hydrogen-bond acceptors (Lipinski definition) is 5. The van der Waals surface area contributed by atoms with Crippen molar-refractivity contribution in [3.8, 4) is 11.5 Å². The number of likely N-dealkylation sites (N-methyl/N-ethyl adjacent to an activating group) is 1. The molecule has 1 atom stereocenters. The van der Waals surface area contributed by atoms with Crippen LogP contribution in [-0.2, 0) is 11.3 Å². The molecule has 1 amide bonds. The first kappa shape index (κ1) is 17.6. The fraction of sp³-hybridized carbons (Fsp3) is 0.588. The molecule has 0 unspecified atom stereocenters. The van der Waals surface area contributed by atoms with E-state index in [-0.39, 0.29) is 5.91 Å². The molecule has 6 heteroatoms. The fourth-order valence-corrected chi connectivity index (χ4v) is 2.83. The van der Waals surface area contributed by atoms with E-state index in [0.29, 0.717) is 30.6 Å². The number of para-hydroxylation sites is 1. The van der Waals surface area contributed by atoms with Crippen LogP contribution in [0.1, 0.15) is 12.5 Å². The summed E-state index contributed by atoms with van der Waals surface area (Å²) in [5.74, 6) is 1.48. The zero-order chi connectivity index (χ0) is 16.8. The van der Waals surface area contributed by atoms with E-state index in [1.165, 1.54) is 0 Å². The SMILES string of the molecule is COc1cccc(CN(C)C(=O)CN2CCNC[C@H]2C)c1OC. The Morgan fingerprint density at radius 3 is 2.83 bits per heavy atom. The van der Waals surface area contributed by atoms with E-state index in [1.54, 1.807) is 19.1 Å². The molecule has 0 spiro atoms. The molecular weight excluding hydrogens is 294 g/mol. The molecule has 0 bridgehead atoms. The van der Waals surface area contributed by atoms with Gasteiger partial charge >= 0.3 is 0 Å². The molecule has 0 saturated carbocycles. The number of carbonyl (C=O) groups excluding carboxylic acids is 1. The van der Waals surface area contributed by atoms with Gasteiger partial charge in [-0.25, -0.2) is 0 Å². The van der Waals surface area contributed by atoms with Gasteiger partial charge in [-0.2, -0.15) is 0 Å². The maximum absolute atomic E-state index is 12.5. The number of piperazine rings is 1. The van der Waals surface area contributed by atoms with Crippen molar-refractivity contribution in [1.82, 2.24) is 15.1 Å². The third kappa shape index (κ3) is 4.36. The molecule has 1 heterocycles. The molecule has 6 nitrogen and oxygen atoms in total. The molecule has 0 aliphatic carbocycles. The van der Waals surface area contributed by atoms with Gasteiger partial charge < -0.3 is 19.7 Å². The molecule has 23 heavy (non-hydrogen) atoms. The zero-order valence-corrected chi connectivity index (χ0v) is 14.5. The van der Waals surface area contributed by atoms with Gasteiger partial charge in [0.1, 0.15) is 0 Å². The van der Waals surface area contributed by atoms with Gasteiger partial charge in [0.15, 0.2) is 11.5 Å². The van der Waals surface area contributed by atoms with Gasteiger partial charge in [-0.05, 0) is 13.0 Å². The van der Waals surface area contributed by atoms with Crippen molar-refractivity contribution >= 4 is 5.91 Å². The Hall–Kier alpha value is -1.79. The van der Waals surface area contributed by atoms with Crippen molar-refractivity contribution in [2.45, 2.75) is 19.5 Å². The van der Waals surface area contributed by atoms with Crippen LogP contribution >= 0.6 is 0 Å². The van der Waals surface area contributed by atoms with Crippen LogP contribution in [-0.4, -0.2) is 69.2 Å². The van der Waals surface area contributed by atoms with Crippen LogP contribution in [0, 0.1) is 0 Å². The van der Waals surface area contributed by atoms with Crippen LogP contribution in [0.15, 0.2) is 18.2 Å². The average Bonchev–Trinajstić information content (AvgIpc) is 2.56. The minimum atomic E-state index is 0.114. The Bertz CT molecular complexity index is 536. The molecule has 1 aromatic carbocycles. The molecular formula is C17H27N3O3. The van der Waals surface area contributed by atoms with Crippen LogP contribution in [0.4, 0.5) is 0 Å². The molecule has 1 fully saturated rings. The number of methoxy groups -OCH3 is 2. The topological polar surface area (TPSA) is 54.0 Å². The predicted molar refractivity (Wildman–Crippen MR) is 89.9 cm³/mol. The first-order chi connectivity index (χ1) is 11.1. The third-order valence-corrected chi connectivity index (χ3v) is 4.29. The van der Waals surface area contributed by atoms with Gasteiger partial charge in [0, 0.05) is 44.8 Å². The number of hydrogen-bond donors (Lipinski definition) is 1. The van der Waals surface area contributed by atoms with E-state index in [0.717, 1.165) is 25.2 Å². The van der Waals surface area contributed by atoms with Gasteiger partial charge in [-0.1, -0.05) is 12.1 Å². The van der Waals surface area contributed by atoms with Crippen molar-refractivity contribution < 1.29 is 14.3 Å². The molecule has 1 aliphatic rings. The van der Waals surface area contributed by atoms with Gasteiger partial charge in [0.25, 0.3) is 0 Å². The first-order valence-electron chi connectivity index (χ1n) is 7.95. The van der Waals surface area contributed by atoms with Gasteiger partial charge in [0.2, 0.25) is 5.91 Å². The minimum Gasteiger partial charge on any atom is -0.493 e. The summed E-state index contributed by atoms with van der Waals surface area (Å²) in [6.07, 6.45) is 0. The number of benzene rings is 1. The van der Waals surface area contributed by atoms with Crippen molar-refractivity contribution in [2.75, 3.05) is 47.4 Å². The highest BCUT2D eigenvalue weighted by molar-refractivity contribution is 5.78. The number of nitrogens with zero attached hydrogens (tertiary/aromatic N) is 2. The summed E-state index contributed by atoms with van der Waals surface area (Å²) in [6.45, 7) is 5.87. The zero-order valence-electron chi connectivity index (χ0n) is 14.5. The lowest BCUT2D eigenvalue weighted by molar-refractivity contribution is -0.132. The van der Waals surface area contributed by atoms with Gasteiger partial charge in [0.05, 0.1) is 20.8 Å². The highest BCUT2D eigenvalue weighted by Crippen LogP contribution is 2.31. The quantitative estimate of drug-likeness (QED) is 0.846. The molecule has 128 valence electrons. The Morgan fingerprint density at radius 1 is 1.39 bits per heavy atom. The van der Waals surface area contributed by atoms with Crippen LogP contribution < -0.4 is 14.8 Å². The van der Waals surface area contributed by atoms with Crippen molar-refractivity contribution in [3.63, 3.8) is 0 Å². The molecule has 1 saturated heterocycles. The largest absolute Gasteiger partial charge is 0.493 e. The smallest absolute Gasteiger partial charge is 0.236 e. The maximum Gasteiger partial charge on any atom is 0.236 e. The highest BCUT2D eigenvalue weighted by Gasteiger charge is 2.22. The lowest BCUT2D eigenvalue weighted by atomic mass is 10.1. The standard InChI is InChI=1S/C17H27N3O3/c1-13-10-18-8-9-20(13)12-16(21)19(2)11-14-6-5-7-15(22-3)17(14)23-4/h5-7,13,18H,8-12H2,1-4H3/t13-/m1/s1. The predicted octanol–water partition coefficient (Wildman–Crippen LogP) is 0.956. The van der Waals surface area contributed by atoms with E-state index in [9.17, 15) is 4.79 Å². The molecule has 1 N–H and O–H groups in total. The third-order valence-electron chi connectivity index (χ3n) is 4.29. The van der Waals surface area contributed by atoms with Crippen molar-refractivity contribution in [3.05, 3.63) is 23.8 Å². The second-order valence-corrected chi connectivity index (χ2v) is 5.93. The second-order valence-electron chi connectivity index (χ2n) is 5.93. The summed E-state index contributed by atoms with van der Waals surface area (Å²) in [6, 6.07) is 6.10. The first-order valence-corrected chi connectivity index (χ1v) is 7.95. The van der Waals surface area contributed by atoms with Crippen LogP contribution in [0.5, 0.6) is 11.5 Å². The molecule has 0 aromatic heterocycles. The summed E-state index contributed by atoms with van der Waals surface area (Å²) in [7, 11) is 5.06. The molecule has 1 aromatic rings. The number of carbonyl (C=O) groups is 1. The van der Waals surface area contributed by atoms with E-state index in [1.807, 2.05) is 25.2 Å². The van der Waals surface area contributed by atoms with E-state index >= 15 is 0 Å². The lowest BCUT2D eigenvalue weighted by Gasteiger charge is -2.34. The summed E-state index contributed by atoms with van der Waals surface area (Å²) in [5.41, 5.74) is 0.941. The van der Waals surface area contributed by atoms with E-state index in [2.05, 4.69) is 17.1 Å². The summed E-state index contributed by atoms with van der Waals surface area (Å²) < 4.78 is 10.7. The van der Waals surface area contributed by atoms with Crippen LogP contribution in [0.3, 0.4) is 0 Å². The fourth-order valence-electron chi connectivity index (χ4n) is 2.83. The van der Waals surface area contributed by atoms with E-state index in [4.69, 9.17) is 9.47 Å². The second kappa shape index (κ2) is 8.17. The number of amides is 1. The number of ether oxygens (including phenoxy) is 2. The highest BCUT2D eigenvalue weighted by atomic mass is 16.5. The van der Waals surface area contributed by atoms with E-state index < -0.39 is 0 Å². The van der Waals surface area contributed by atoms with Gasteiger partial charge in [-0.3, -0.25) is 9.69 Å². The van der Waals surface area contributed by atoms with Crippen LogP contribution in [0.25, 0.3) is 0 Å². The Labute approximate surface area is 138 Å². The monoisotopic (exact) mass is 321 g/mol. The normalized spacial score (nSPS) is 18.5. The molecule has 0 radical (unpaired) electrons. The van der Waals surface area contributed by atoms with Crippen molar-refractivity contribution in [1.29, 1.82) is 0 Å². The average molecular weight is 321 g/mol. The van der Waals surface area contributed by atoms with Gasteiger partial charge in [-0.15, -0.1) is 0 Å². The van der Waals surface area contributed by atoms with Crippen LogP contribution in [0.2, 0.25) is 0 Å². The summed E-state index contributed by atoms with van der Waals surface area (Å²) in [5, 5.41) is 3.34. The Morgan fingerprint density at radius 2 is 2.17 bits per heavy atom. The Balaban J connectivity index is 2.01. The molecule has 1 aliphatic heterocycles. The van der Waals surface area contributed by atoms with Crippen molar-refractivity contribution in [2.24, 2.45) is 0 Å². The lowest BCUT2D eigenvalue weighted by Crippen LogP contribution is -2.52. The minimum absolute atomic E-state index is 0.114. The maximum atomic E-state index is 12.5. The Kier molecular flexibility index (Phi) is 6.24. The number of rotatable bonds is 6. The summed E-state index contributed by atoms with van der Waals surface area (Å²) >= 11 is 0. The summed E-state index contributed by atoms with van der Waals surface area (Å²) in [4.78, 5) is 16.5.